The van der Waals surface area contributed by atoms with E-state index in [9.17, 15) is 9.90 Å². The summed E-state index contributed by atoms with van der Waals surface area (Å²) in [6.45, 7) is 8.48. The Morgan fingerprint density at radius 1 is 1.09 bits per heavy atom. The summed E-state index contributed by atoms with van der Waals surface area (Å²) in [5.74, 6) is -2.09. The zero-order valence-corrected chi connectivity index (χ0v) is 21.0. The second kappa shape index (κ2) is 6.14. The number of ether oxygens (including phenoxy) is 7. The van der Waals surface area contributed by atoms with Crippen molar-refractivity contribution in [3.8, 4) is 11.5 Å². The number of benzene rings is 1. The van der Waals surface area contributed by atoms with E-state index in [-0.39, 0.29) is 31.5 Å². The van der Waals surface area contributed by atoms with Gasteiger partial charge in [-0.25, -0.2) is 4.79 Å². The average molecular weight is 489 g/mol. The van der Waals surface area contributed by atoms with Crippen molar-refractivity contribution >= 4 is 5.97 Å². The zero-order valence-electron chi connectivity index (χ0n) is 21.0. The number of carbonyl (C=O) groups is 1. The van der Waals surface area contributed by atoms with Crippen molar-refractivity contribution in [3.63, 3.8) is 0 Å². The van der Waals surface area contributed by atoms with E-state index in [2.05, 4.69) is 6.92 Å². The minimum Gasteiger partial charge on any atom is -0.495 e. The Kier molecular flexibility index (Phi) is 3.91. The van der Waals surface area contributed by atoms with Crippen LogP contribution in [0.1, 0.15) is 67.1 Å². The van der Waals surface area contributed by atoms with Crippen molar-refractivity contribution in [2.24, 2.45) is 11.3 Å². The molecule has 1 aliphatic carbocycles. The first kappa shape index (κ1) is 22.3. The third-order valence-corrected chi connectivity index (χ3v) is 10.1. The maximum absolute atomic E-state index is 12.6. The highest BCUT2D eigenvalue weighted by Gasteiger charge is 2.89. The topological polar surface area (TPSA) is 102 Å². The molecule has 6 aliphatic rings. The number of hydrogen-bond acceptors (Lipinski definition) is 9. The summed E-state index contributed by atoms with van der Waals surface area (Å²) >= 11 is 0. The summed E-state index contributed by atoms with van der Waals surface area (Å²) in [4.78, 5) is 12.6. The molecule has 2 bridgehead atoms. The van der Waals surface area contributed by atoms with Crippen molar-refractivity contribution in [2.45, 2.75) is 88.5 Å². The lowest BCUT2D eigenvalue weighted by molar-refractivity contribution is -0.436. The van der Waals surface area contributed by atoms with Crippen LogP contribution in [0.4, 0.5) is 0 Å². The Morgan fingerprint density at radius 2 is 1.86 bits per heavy atom. The van der Waals surface area contributed by atoms with Gasteiger partial charge in [0.15, 0.2) is 5.60 Å². The quantitative estimate of drug-likeness (QED) is 0.630. The third-order valence-electron chi connectivity index (χ3n) is 10.1. The van der Waals surface area contributed by atoms with Gasteiger partial charge in [0.1, 0.15) is 34.9 Å². The Balaban J connectivity index is 1.45. The van der Waals surface area contributed by atoms with Crippen LogP contribution in [-0.2, 0) is 36.7 Å². The fourth-order valence-corrected chi connectivity index (χ4v) is 8.75. The van der Waals surface area contributed by atoms with Crippen molar-refractivity contribution in [2.75, 3.05) is 20.8 Å². The van der Waals surface area contributed by atoms with Crippen LogP contribution in [0.15, 0.2) is 0 Å². The van der Waals surface area contributed by atoms with Gasteiger partial charge in [0.2, 0.25) is 5.79 Å². The monoisotopic (exact) mass is 488 g/mol. The van der Waals surface area contributed by atoms with E-state index in [1.165, 1.54) is 0 Å². The molecule has 35 heavy (non-hydrogen) atoms. The normalized spacial score (nSPS) is 48.4. The molecule has 9 heteroatoms. The Morgan fingerprint density at radius 3 is 2.57 bits per heavy atom. The Labute approximate surface area is 203 Å². The third kappa shape index (κ3) is 2.16. The van der Waals surface area contributed by atoms with E-state index < -0.39 is 34.0 Å². The number of esters is 1. The summed E-state index contributed by atoms with van der Waals surface area (Å²) in [6, 6.07) is 0. The number of fused-ring (bicyclic) bond motifs is 5. The van der Waals surface area contributed by atoms with Crippen LogP contribution >= 0.6 is 0 Å². The maximum Gasteiger partial charge on any atom is 0.342 e. The van der Waals surface area contributed by atoms with Gasteiger partial charge in [-0.1, -0.05) is 6.92 Å². The van der Waals surface area contributed by atoms with Crippen LogP contribution in [-0.4, -0.2) is 60.5 Å². The van der Waals surface area contributed by atoms with E-state index in [4.69, 9.17) is 33.2 Å². The van der Waals surface area contributed by atoms with Gasteiger partial charge in [0, 0.05) is 42.4 Å². The number of cyclic esters (lactones) is 1. The van der Waals surface area contributed by atoms with Crippen LogP contribution in [0.3, 0.4) is 0 Å². The minimum absolute atomic E-state index is 0.0934. The van der Waals surface area contributed by atoms with Crippen molar-refractivity contribution < 1.29 is 43.1 Å². The summed E-state index contributed by atoms with van der Waals surface area (Å²) < 4.78 is 43.1. The van der Waals surface area contributed by atoms with Crippen molar-refractivity contribution in [1.29, 1.82) is 0 Å². The van der Waals surface area contributed by atoms with Gasteiger partial charge in [0.25, 0.3) is 5.97 Å². The predicted molar refractivity (Wildman–Crippen MR) is 119 cm³/mol. The Hall–Kier alpha value is -1.91. The molecule has 5 heterocycles. The molecule has 1 N–H and O–H groups in total. The molecule has 0 aromatic heterocycles. The van der Waals surface area contributed by atoms with Gasteiger partial charge in [-0.2, -0.15) is 0 Å². The molecule has 0 amide bonds. The average Bonchev–Trinajstić information content (AvgIpc) is 3.37. The van der Waals surface area contributed by atoms with Crippen LogP contribution in [0, 0.1) is 18.3 Å². The number of hydrogen-bond donors (Lipinski definition) is 1. The predicted octanol–water partition coefficient (Wildman–Crippen LogP) is 2.75. The lowest BCUT2D eigenvalue weighted by Crippen LogP contribution is -2.79. The molecule has 190 valence electrons. The highest BCUT2D eigenvalue weighted by molar-refractivity contribution is 5.98. The summed E-state index contributed by atoms with van der Waals surface area (Å²) in [7, 11) is 3.15. The minimum atomic E-state index is -1.63. The molecule has 3 saturated heterocycles. The van der Waals surface area contributed by atoms with Crippen molar-refractivity contribution in [1.82, 2.24) is 0 Å². The first-order valence-electron chi connectivity index (χ1n) is 12.3. The smallest absolute Gasteiger partial charge is 0.342 e. The van der Waals surface area contributed by atoms with Gasteiger partial charge in [-0.15, -0.1) is 0 Å². The largest absolute Gasteiger partial charge is 0.495 e. The first-order chi connectivity index (χ1) is 16.4. The van der Waals surface area contributed by atoms with E-state index in [1.807, 2.05) is 20.8 Å². The molecule has 0 unspecified atom stereocenters. The highest BCUT2D eigenvalue weighted by Crippen LogP contribution is 2.75. The van der Waals surface area contributed by atoms with E-state index in [0.717, 1.165) is 16.7 Å². The molecule has 1 spiro atoms. The van der Waals surface area contributed by atoms with Crippen LogP contribution < -0.4 is 9.47 Å². The fraction of sp³-hybridized carbons (Fsp3) is 0.731. The maximum atomic E-state index is 12.6. The van der Waals surface area contributed by atoms with Gasteiger partial charge in [-0.05, 0) is 39.2 Å². The second-order valence-corrected chi connectivity index (χ2v) is 11.7. The van der Waals surface area contributed by atoms with Gasteiger partial charge >= 0.3 is 5.97 Å². The standard InChI is InChI=1S/C26H32O9/c1-13-15-10-31-20(27)17(15)19(29-5)14-9-16-21(2)7-8-25(30-6)34-23(4)12-32-24(28,26(21,23)35-25)11-22(16,3)33-18(13)14/h16,28H,7-12H2,1-6H3/t16-,21+,22-,23+,24+,25-,26-/m0/s1. The summed E-state index contributed by atoms with van der Waals surface area (Å²) in [5, 5.41) is 12.2. The van der Waals surface area contributed by atoms with E-state index in [1.54, 1.807) is 14.2 Å². The molecule has 0 radical (unpaired) electrons. The molecule has 1 aromatic carbocycles. The SMILES string of the molecule is COc1c2c(c(C)c3c1C(=O)OC3)O[C@@]1(C)C[C@@]3(O)OC[C@@]4(C)O[C@@]5(OC)CC[C@](C)([C@@H]1C2)[C@]43O5. The Bertz CT molecular complexity index is 1200. The molecule has 7 atom stereocenters. The molecule has 7 rings (SSSR count). The molecular formula is C26H32O9. The van der Waals surface area contributed by atoms with Gasteiger partial charge in [0.05, 0.1) is 13.7 Å². The number of carbonyl (C=O) groups excluding carboxylic acids is 1. The van der Waals surface area contributed by atoms with Gasteiger partial charge < -0.3 is 38.3 Å². The second-order valence-electron chi connectivity index (χ2n) is 11.7. The molecule has 1 aromatic rings. The van der Waals surface area contributed by atoms with Gasteiger partial charge in [-0.3, -0.25) is 0 Å². The zero-order chi connectivity index (χ0) is 24.8. The molecule has 4 fully saturated rings. The number of methoxy groups -OCH3 is 2. The summed E-state index contributed by atoms with van der Waals surface area (Å²) in [6.07, 6.45) is 1.98. The van der Waals surface area contributed by atoms with E-state index in [0.29, 0.717) is 36.3 Å². The number of aliphatic hydroxyl groups is 1. The molecule has 9 nitrogen and oxygen atoms in total. The molecule has 1 saturated carbocycles. The van der Waals surface area contributed by atoms with Crippen LogP contribution in [0.5, 0.6) is 11.5 Å². The number of rotatable bonds is 2. The van der Waals surface area contributed by atoms with Crippen LogP contribution in [0.2, 0.25) is 0 Å². The molecular weight excluding hydrogens is 456 g/mol. The first-order valence-corrected chi connectivity index (χ1v) is 12.3. The lowest BCUT2D eigenvalue weighted by atomic mass is 9.45. The van der Waals surface area contributed by atoms with E-state index >= 15 is 0 Å². The lowest BCUT2D eigenvalue weighted by Gasteiger charge is -2.66. The molecule has 5 aliphatic heterocycles. The highest BCUT2D eigenvalue weighted by atomic mass is 16.9. The summed E-state index contributed by atoms with van der Waals surface area (Å²) in [5.41, 5.74) is -0.424. The van der Waals surface area contributed by atoms with Crippen LogP contribution in [0.25, 0.3) is 0 Å². The van der Waals surface area contributed by atoms with Crippen molar-refractivity contribution in [3.05, 3.63) is 22.3 Å². The fourth-order valence-electron chi connectivity index (χ4n) is 8.75.